The maximum atomic E-state index is 14.1. The largest absolute Gasteiger partial charge is 0.352 e. The Morgan fingerprint density at radius 2 is 1.55 bits per heavy atom. The van der Waals surface area contributed by atoms with Gasteiger partial charge in [-0.2, -0.15) is 0 Å². The van der Waals surface area contributed by atoms with Crippen molar-refractivity contribution in [2.45, 2.75) is 45.3 Å². The van der Waals surface area contributed by atoms with E-state index in [0.29, 0.717) is 27.7 Å². The zero-order chi connectivity index (χ0) is 29.4. The summed E-state index contributed by atoms with van der Waals surface area (Å²) in [5, 5.41) is 3.66. The van der Waals surface area contributed by atoms with Crippen LogP contribution in [-0.2, 0) is 32.6 Å². The minimum atomic E-state index is -3.85. The minimum Gasteiger partial charge on any atom is -0.352 e. The molecule has 2 atom stereocenters. The molecule has 3 rings (SSSR count). The Balaban J connectivity index is 2.10. The third kappa shape index (κ3) is 8.83. The van der Waals surface area contributed by atoms with Crippen LogP contribution in [0.2, 0.25) is 10.0 Å². The van der Waals surface area contributed by atoms with Crippen molar-refractivity contribution in [2.24, 2.45) is 0 Å². The van der Waals surface area contributed by atoms with Gasteiger partial charge in [-0.05, 0) is 77.9 Å². The van der Waals surface area contributed by atoms with Crippen LogP contribution in [0.4, 0.5) is 5.69 Å². The Kier molecular flexibility index (Phi) is 11.7. The van der Waals surface area contributed by atoms with Gasteiger partial charge in [0.05, 0.1) is 11.9 Å². The molecule has 3 aromatic carbocycles. The summed E-state index contributed by atoms with van der Waals surface area (Å²) < 4.78 is 27.7. The first-order chi connectivity index (χ1) is 18.9. The van der Waals surface area contributed by atoms with Crippen LogP contribution >= 0.6 is 45.8 Å². The van der Waals surface area contributed by atoms with Crippen molar-refractivity contribution in [3.8, 4) is 0 Å². The molecule has 0 aliphatic carbocycles. The summed E-state index contributed by atoms with van der Waals surface area (Å²) in [7, 11) is -3.85. The van der Waals surface area contributed by atoms with Crippen molar-refractivity contribution in [3.63, 3.8) is 0 Å². The number of nitrogens with one attached hydrogen (secondary N) is 1. The average Bonchev–Trinajstić information content (AvgIpc) is 2.91. The number of nitrogens with zero attached hydrogens (tertiary/aromatic N) is 2. The fourth-order valence-corrected chi connectivity index (χ4v) is 5.80. The quantitative estimate of drug-likeness (QED) is 0.236. The normalized spacial score (nSPS) is 12.8. The third-order valence-electron chi connectivity index (χ3n) is 6.46. The van der Waals surface area contributed by atoms with Gasteiger partial charge in [0.15, 0.2) is 0 Å². The monoisotopic (exact) mass is 715 g/mol. The van der Waals surface area contributed by atoms with E-state index in [1.165, 1.54) is 4.90 Å². The first-order valence-electron chi connectivity index (χ1n) is 12.7. The summed E-state index contributed by atoms with van der Waals surface area (Å²) in [5.74, 6) is -0.921. The zero-order valence-corrected chi connectivity index (χ0v) is 27.0. The van der Waals surface area contributed by atoms with Gasteiger partial charge in [-0.1, -0.05) is 66.5 Å². The topological polar surface area (TPSA) is 86.8 Å². The SMILES string of the molecule is CCC(C)NC(=O)C(Cc1ccccc1)N(Cc1c(Cl)cccc1Cl)C(=O)CN(c1ccc(I)cc1)S(C)(=O)=O. The fourth-order valence-electron chi connectivity index (χ4n) is 4.07. The maximum absolute atomic E-state index is 14.1. The van der Waals surface area contributed by atoms with Gasteiger partial charge in [0.2, 0.25) is 21.8 Å². The molecule has 0 saturated carbocycles. The second-order valence-electron chi connectivity index (χ2n) is 9.49. The van der Waals surface area contributed by atoms with Crippen molar-refractivity contribution in [1.82, 2.24) is 10.2 Å². The predicted octanol–water partition coefficient (Wildman–Crippen LogP) is 5.92. The summed E-state index contributed by atoms with van der Waals surface area (Å²) in [6, 6.07) is 20.1. The van der Waals surface area contributed by atoms with Crippen molar-refractivity contribution >= 4 is 73.3 Å². The molecular formula is C29H32Cl2IN3O4S. The highest BCUT2D eigenvalue weighted by atomic mass is 127. The number of anilines is 1. The third-order valence-corrected chi connectivity index (χ3v) is 9.02. The predicted molar refractivity (Wildman–Crippen MR) is 170 cm³/mol. The van der Waals surface area contributed by atoms with Crippen LogP contribution in [0.1, 0.15) is 31.4 Å². The van der Waals surface area contributed by atoms with Crippen LogP contribution < -0.4 is 9.62 Å². The van der Waals surface area contributed by atoms with Crippen LogP contribution in [-0.4, -0.2) is 50.0 Å². The van der Waals surface area contributed by atoms with Gasteiger partial charge in [0.25, 0.3) is 0 Å². The number of amides is 2. The van der Waals surface area contributed by atoms with Crippen LogP contribution in [0.15, 0.2) is 72.8 Å². The fraction of sp³-hybridized carbons (Fsp3) is 0.310. The van der Waals surface area contributed by atoms with E-state index in [0.717, 1.165) is 19.7 Å². The molecule has 0 heterocycles. The van der Waals surface area contributed by atoms with E-state index in [1.54, 1.807) is 42.5 Å². The Hall–Kier alpha value is -2.34. The lowest BCUT2D eigenvalue weighted by molar-refractivity contribution is -0.140. The molecule has 40 heavy (non-hydrogen) atoms. The molecule has 0 aliphatic heterocycles. The van der Waals surface area contributed by atoms with E-state index >= 15 is 0 Å². The standard InChI is InChI=1S/C29H32Cl2IN3O4S/c1-4-20(2)33-29(37)27(17-21-9-6-5-7-10-21)34(18-24-25(30)11-8-12-26(24)31)28(36)19-35(40(3,38)39)23-15-13-22(32)14-16-23/h5-16,20,27H,4,17-19H2,1-3H3,(H,33,37). The maximum Gasteiger partial charge on any atom is 0.244 e. The molecule has 0 radical (unpaired) electrons. The molecule has 0 spiro atoms. The van der Waals surface area contributed by atoms with E-state index in [4.69, 9.17) is 23.2 Å². The number of sulfonamides is 1. The van der Waals surface area contributed by atoms with Gasteiger partial charge in [-0.15, -0.1) is 0 Å². The Labute approximate surface area is 260 Å². The molecule has 214 valence electrons. The zero-order valence-electron chi connectivity index (χ0n) is 22.5. The second kappa shape index (κ2) is 14.5. The molecule has 0 aromatic heterocycles. The van der Waals surface area contributed by atoms with E-state index in [-0.39, 0.29) is 24.9 Å². The summed E-state index contributed by atoms with van der Waals surface area (Å²) in [5.41, 5.74) is 1.65. The molecule has 2 amide bonds. The molecule has 1 N–H and O–H groups in total. The number of halogens is 3. The number of rotatable bonds is 12. The Bertz CT molecular complexity index is 1400. The van der Waals surface area contributed by atoms with Gasteiger partial charge >= 0.3 is 0 Å². The van der Waals surface area contributed by atoms with Gasteiger partial charge < -0.3 is 10.2 Å². The van der Waals surface area contributed by atoms with Crippen molar-refractivity contribution in [3.05, 3.63) is 97.5 Å². The van der Waals surface area contributed by atoms with E-state index in [1.807, 2.05) is 44.2 Å². The van der Waals surface area contributed by atoms with Crippen molar-refractivity contribution < 1.29 is 18.0 Å². The van der Waals surface area contributed by atoms with Gasteiger partial charge in [-0.3, -0.25) is 13.9 Å². The van der Waals surface area contributed by atoms with Crippen LogP contribution in [0.3, 0.4) is 0 Å². The lowest BCUT2D eigenvalue weighted by Crippen LogP contribution is -2.54. The van der Waals surface area contributed by atoms with Crippen LogP contribution in [0.25, 0.3) is 0 Å². The number of carbonyl (C=O) groups excluding carboxylic acids is 2. The van der Waals surface area contributed by atoms with Crippen molar-refractivity contribution in [1.29, 1.82) is 0 Å². The highest BCUT2D eigenvalue weighted by Gasteiger charge is 2.34. The molecular weight excluding hydrogens is 684 g/mol. The van der Waals surface area contributed by atoms with E-state index in [2.05, 4.69) is 27.9 Å². The van der Waals surface area contributed by atoms with Crippen LogP contribution in [0, 0.1) is 3.57 Å². The second-order valence-corrected chi connectivity index (χ2v) is 13.5. The highest BCUT2D eigenvalue weighted by molar-refractivity contribution is 14.1. The molecule has 7 nitrogen and oxygen atoms in total. The molecule has 3 aromatic rings. The molecule has 2 unspecified atom stereocenters. The van der Waals surface area contributed by atoms with Gasteiger partial charge in [0, 0.05) is 38.2 Å². The number of benzene rings is 3. The lowest BCUT2D eigenvalue weighted by Gasteiger charge is -2.34. The summed E-state index contributed by atoms with van der Waals surface area (Å²) in [6.07, 6.45) is 1.95. The molecule has 11 heteroatoms. The first-order valence-corrected chi connectivity index (χ1v) is 16.4. The number of hydrogen-bond donors (Lipinski definition) is 1. The van der Waals surface area contributed by atoms with Gasteiger partial charge in [0.1, 0.15) is 12.6 Å². The molecule has 0 saturated heterocycles. The van der Waals surface area contributed by atoms with E-state index < -0.39 is 28.5 Å². The minimum absolute atomic E-state index is 0.0902. The smallest absolute Gasteiger partial charge is 0.244 e. The summed E-state index contributed by atoms with van der Waals surface area (Å²) in [6.45, 7) is 3.24. The molecule has 0 aliphatic rings. The summed E-state index contributed by atoms with van der Waals surface area (Å²) >= 11 is 15.1. The molecule has 0 bridgehead atoms. The number of carbonyl (C=O) groups is 2. The first kappa shape index (κ1) is 32.2. The molecule has 0 fully saturated rings. The average molecular weight is 716 g/mol. The number of hydrogen-bond acceptors (Lipinski definition) is 4. The van der Waals surface area contributed by atoms with Crippen LogP contribution in [0.5, 0.6) is 0 Å². The van der Waals surface area contributed by atoms with Crippen molar-refractivity contribution in [2.75, 3.05) is 17.1 Å². The Morgan fingerprint density at radius 3 is 2.10 bits per heavy atom. The van der Waals surface area contributed by atoms with Gasteiger partial charge in [-0.25, -0.2) is 8.42 Å². The van der Waals surface area contributed by atoms with E-state index in [9.17, 15) is 18.0 Å². The highest BCUT2D eigenvalue weighted by Crippen LogP contribution is 2.28. The summed E-state index contributed by atoms with van der Waals surface area (Å²) in [4.78, 5) is 29.2. The Morgan fingerprint density at radius 1 is 0.950 bits per heavy atom. The lowest BCUT2D eigenvalue weighted by atomic mass is 10.0.